The molecule has 19 heavy (non-hydrogen) atoms. The van der Waals surface area contributed by atoms with Crippen LogP contribution in [0.4, 0.5) is 0 Å². The molecule has 0 saturated carbocycles. The Kier molecular flexibility index (Phi) is 4.62. The highest BCUT2D eigenvalue weighted by atomic mass is 35.5. The zero-order valence-electron chi connectivity index (χ0n) is 11.7. The molecule has 1 N–H and O–H groups in total. The van der Waals surface area contributed by atoms with E-state index in [1.807, 2.05) is 20.0 Å². The Bertz CT molecular complexity index is 563. The van der Waals surface area contributed by atoms with Gasteiger partial charge in [0.05, 0.1) is 0 Å². The first-order valence-corrected chi connectivity index (χ1v) is 6.97. The zero-order valence-corrected chi connectivity index (χ0v) is 12.5. The maximum Gasteiger partial charge on any atom is 0.0435 e. The summed E-state index contributed by atoms with van der Waals surface area (Å²) in [6, 6.07) is 15.1. The van der Waals surface area contributed by atoms with Crippen molar-refractivity contribution in [3.05, 3.63) is 69.7 Å². The highest BCUT2D eigenvalue weighted by Gasteiger charge is 2.12. The SMILES string of the molecule is CNC(Cc1ccccc1C)c1ccc(Cl)c(C)c1. The molecule has 0 fully saturated rings. The summed E-state index contributed by atoms with van der Waals surface area (Å²) in [4.78, 5) is 0. The second-order valence-corrected chi connectivity index (χ2v) is 5.39. The Morgan fingerprint density at radius 3 is 2.42 bits per heavy atom. The second kappa shape index (κ2) is 6.23. The van der Waals surface area contributed by atoms with Crippen molar-refractivity contribution in [1.82, 2.24) is 5.32 Å². The Morgan fingerprint density at radius 1 is 1.05 bits per heavy atom. The van der Waals surface area contributed by atoms with Gasteiger partial charge in [0, 0.05) is 11.1 Å². The third kappa shape index (κ3) is 3.37. The van der Waals surface area contributed by atoms with Crippen molar-refractivity contribution in [2.24, 2.45) is 0 Å². The van der Waals surface area contributed by atoms with E-state index in [9.17, 15) is 0 Å². The van der Waals surface area contributed by atoms with Crippen molar-refractivity contribution in [3.8, 4) is 0 Å². The molecule has 0 heterocycles. The molecule has 100 valence electrons. The summed E-state index contributed by atoms with van der Waals surface area (Å²) < 4.78 is 0. The van der Waals surface area contributed by atoms with E-state index in [2.05, 4.69) is 48.6 Å². The maximum atomic E-state index is 6.09. The lowest BCUT2D eigenvalue weighted by atomic mass is 9.95. The van der Waals surface area contributed by atoms with Crippen LogP contribution in [0.2, 0.25) is 5.02 Å². The fourth-order valence-corrected chi connectivity index (χ4v) is 2.45. The van der Waals surface area contributed by atoms with Crippen molar-refractivity contribution < 1.29 is 0 Å². The molecular formula is C17H20ClN. The fraction of sp³-hybridized carbons (Fsp3) is 0.294. The molecule has 1 atom stereocenters. The average molecular weight is 274 g/mol. The lowest BCUT2D eigenvalue weighted by Gasteiger charge is -2.19. The van der Waals surface area contributed by atoms with E-state index >= 15 is 0 Å². The van der Waals surface area contributed by atoms with Crippen LogP contribution in [-0.4, -0.2) is 7.05 Å². The van der Waals surface area contributed by atoms with Gasteiger partial charge in [0.1, 0.15) is 0 Å². The zero-order chi connectivity index (χ0) is 13.8. The van der Waals surface area contributed by atoms with E-state index < -0.39 is 0 Å². The van der Waals surface area contributed by atoms with Crippen LogP contribution in [0.15, 0.2) is 42.5 Å². The number of likely N-dealkylation sites (N-methyl/N-ethyl adjacent to an activating group) is 1. The Balaban J connectivity index is 2.25. The number of hydrogen-bond donors (Lipinski definition) is 1. The standard InChI is InChI=1S/C17H20ClN/c1-12-6-4-5-7-14(12)11-17(19-3)15-8-9-16(18)13(2)10-15/h4-10,17,19H,11H2,1-3H3. The maximum absolute atomic E-state index is 6.09. The quantitative estimate of drug-likeness (QED) is 0.867. The number of rotatable bonds is 4. The molecule has 0 saturated heterocycles. The largest absolute Gasteiger partial charge is 0.313 e. The van der Waals surface area contributed by atoms with Gasteiger partial charge in [-0.15, -0.1) is 0 Å². The van der Waals surface area contributed by atoms with E-state index in [0.717, 1.165) is 17.0 Å². The molecule has 0 aliphatic heterocycles. The number of aryl methyl sites for hydroxylation is 2. The fourth-order valence-electron chi connectivity index (χ4n) is 2.33. The molecular weight excluding hydrogens is 254 g/mol. The smallest absolute Gasteiger partial charge is 0.0435 e. The average Bonchev–Trinajstić information content (AvgIpc) is 2.41. The number of halogens is 1. The summed E-state index contributed by atoms with van der Waals surface area (Å²) in [5.41, 5.74) is 5.14. The van der Waals surface area contributed by atoms with E-state index in [1.165, 1.54) is 16.7 Å². The summed E-state index contributed by atoms with van der Waals surface area (Å²) in [5, 5.41) is 4.23. The minimum atomic E-state index is 0.317. The molecule has 1 nitrogen and oxygen atoms in total. The van der Waals surface area contributed by atoms with Gasteiger partial charge < -0.3 is 5.32 Å². The van der Waals surface area contributed by atoms with Crippen LogP contribution in [0.3, 0.4) is 0 Å². The molecule has 0 bridgehead atoms. The second-order valence-electron chi connectivity index (χ2n) is 4.98. The topological polar surface area (TPSA) is 12.0 Å². The molecule has 2 heteroatoms. The van der Waals surface area contributed by atoms with Crippen molar-refractivity contribution in [2.45, 2.75) is 26.3 Å². The predicted molar refractivity (Wildman–Crippen MR) is 82.9 cm³/mol. The van der Waals surface area contributed by atoms with Gasteiger partial charge in [0.2, 0.25) is 0 Å². The van der Waals surface area contributed by atoms with E-state index in [0.29, 0.717) is 6.04 Å². The highest BCUT2D eigenvalue weighted by Crippen LogP contribution is 2.24. The van der Waals surface area contributed by atoms with Gasteiger partial charge in [0.15, 0.2) is 0 Å². The van der Waals surface area contributed by atoms with Gasteiger partial charge in [-0.2, -0.15) is 0 Å². The highest BCUT2D eigenvalue weighted by molar-refractivity contribution is 6.31. The van der Waals surface area contributed by atoms with Crippen LogP contribution < -0.4 is 5.32 Å². The summed E-state index contributed by atoms with van der Waals surface area (Å²) in [7, 11) is 2.01. The van der Waals surface area contributed by atoms with Crippen molar-refractivity contribution in [1.29, 1.82) is 0 Å². The van der Waals surface area contributed by atoms with Crippen LogP contribution in [0.25, 0.3) is 0 Å². The summed E-state index contributed by atoms with van der Waals surface area (Å²) in [6.45, 7) is 4.21. The normalized spacial score (nSPS) is 12.4. The monoisotopic (exact) mass is 273 g/mol. The van der Waals surface area contributed by atoms with Crippen molar-refractivity contribution in [2.75, 3.05) is 7.05 Å². The number of hydrogen-bond acceptors (Lipinski definition) is 1. The molecule has 1 unspecified atom stereocenters. The molecule has 2 rings (SSSR count). The van der Waals surface area contributed by atoms with Crippen molar-refractivity contribution in [3.63, 3.8) is 0 Å². The molecule has 0 aliphatic rings. The Labute approximate surface area is 120 Å². The molecule has 0 radical (unpaired) electrons. The Hall–Kier alpha value is -1.31. The lowest BCUT2D eigenvalue weighted by molar-refractivity contribution is 0.590. The molecule has 0 amide bonds. The van der Waals surface area contributed by atoms with Gasteiger partial charge in [0.25, 0.3) is 0 Å². The molecule has 0 spiro atoms. The third-order valence-electron chi connectivity index (χ3n) is 3.62. The van der Waals surface area contributed by atoms with Crippen LogP contribution >= 0.6 is 11.6 Å². The third-order valence-corrected chi connectivity index (χ3v) is 4.04. The first-order chi connectivity index (χ1) is 9.11. The van der Waals surface area contributed by atoms with Crippen LogP contribution in [0, 0.1) is 13.8 Å². The van der Waals surface area contributed by atoms with Crippen LogP contribution in [-0.2, 0) is 6.42 Å². The predicted octanol–water partition coefficient (Wildman–Crippen LogP) is 4.46. The lowest BCUT2D eigenvalue weighted by Crippen LogP contribution is -2.19. The van der Waals surface area contributed by atoms with Crippen LogP contribution in [0.1, 0.15) is 28.3 Å². The van der Waals surface area contributed by atoms with Gasteiger partial charge in [-0.05, 0) is 55.6 Å². The summed E-state index contributed by atoms with van der Waals surface area (Å²) >= 11 is 6.09. The van der Waals surface area contributed by atoms with E-state index in [1.54, 1.807) is 0 Å². The van der Waals surface area contributed by atoms with Crippen LogP contribution in [0.5, 0.6) is 0 Å². The number of nitrogens with one attached hydrogen (secondary N) is 1. The summed E-state index contributed by atoms with van der Waals surface area (Å²) in [5.74, 6) is 0. The molecule has 0 aliphatic carbocycles. The Morgan fingerprint density at radius 2 is 1.79 bits per heavy atom. The van der Waals surface area contributed by atoms with Gasteiger partial charge in [-0.1, -0.05) is 48.0 Å². The first-order valence-electron chi connectivity index (χ1n) is 6.59. The van der Waals surface area contributed by atoms with Crippen molar-refractivity contribution >= 4 is 11.6 Å². The number of benzene rings is 2. The van der Waals surface area contributed by atoms with E-state index in [4.69, 9.17) is 11.6 Å². The minimum Gasteiger partial charge on any atom is -0.313 e. The van der Waals surface area contributed by atoms with Gasteiger partial charge >= 0.3 is 0 Å². The van der Waals surface area contributed by atoms with Gasteiger partial charge in [-0.25, -0.2) is 0 Å². The summed E-state index contributed by atoms with van der Waals surface area (Å²) in [6.07, 6.45) is 0.990. The first kappa shape index (κ1) is 14.1. The molecule has 2 aromatic carbocycles. The van der Waals surface area contributed by atoms with E-state index in [-0.39, 0.29) is 0 Å². The van der Waals surface area contributed by atoms with Gasteiger partial charge in [-0.3, -0.25) is 0 Å². The molecule has 2 aromatic rings. The molecule has 0 aromatic heterocycles. The minimum absolute atomic E-state index is 0.317.